The molecule has 2 heterocycles. The number of rotatable bonds is 2. The summed E-state index contributed by atoms with van der Waals surface area (Å²) >= 11 is 3.48. The average molecular weight is 271 g/mol. The smallest absolute Gasteiger partial charge is 0.152 e. The summed E-state index contributed by atoms with van der Waals surface area (Å²) in [5, 5.41) is 0. The lowest BCUT2D eigenvalue weighted by molar-refractivity contribution is -0.120. The third-order valence-corrected chi connectivity index (χ3v) is 3.66. The molecule has 0 saturated carbocycles. The molecule has 0 spiro atoms. The zero-order valence-corrected chi connectivity index (χ0v) is 10.7. The maximum absolute atomic E-state index is 11.6. The molecule has 15 heavy (non-hydrogen) atoms. The number of Topliss-reactive ketones (excluding diaryl/α,β-unsaturated/α-hetero) is 1. The van der Waals surface area contributed by atoms with Crippen LogP contribution in [0.3, 0.4) is 0 Å². The Morgan fingerprint density at radius 1 is 1.67 bits per heavy atom. The quantitative estimate of drug-likeness (QED) is 0.828. The maximum Gasteiger partial charge on any atom is 0.152 e. The first kappa shape index (κ1) is 10.9. The number of imidazole rings is 1. The summed E-state index contributed by atoms with van der Waals surface area (Å²) in [6.45, 7) is 3.75. The minimum absolute atomic E-state index is 0.0162. The van der Waals surface area contributed by atoms with Gasteiger partial charge in [-0.2, -0.15) is 0 Å². The fraction of sp³-hybridized carbons (Fsp3) is 0.636. The van der Waals surface area contributed by atoms with E-state index in [1.54, 1.807) is 6.92 Å². The number of halogens is 1. The van der Waals surface area contributed by atoms with Crippen LogP contribution in [0.1, 0.15) is 44.2 Å². The Bertz CT molecular complexity index is 398. The fourth-order valence-electron chi connectivity index (χ4n) is 2.30. The van der Waals surface area contributed by atoms with E-state index < -0.39 is 0 Å². The third-order valence-electron chi connectivity index (χ3n) is 3.02. The number of aromatic nitrogens is 2. The van der Waals surface area contributed by atoms with Gasteiger partial charge < -0.3 is 4.57 Å². The number of hydrogen-bond donors (Lipinski definition) is 0. The van der Waals surface area contributed by atoms with Crippen molar-refractivity contribution in [1.82, 2.24) is 9.55 Å². The average Bonchev–Trinajstić information content (AvgIpc) is 2.55. The molecule has 2 rings (SSSR count). The van der Waals surface area contributed by atoms with Gasteiger partial charge in [0.05, 0.1) is 11.7 Å². The third kappa shape index (κ3) is 1.75. The lowest BCUT2D eigenvalue weighted by Crippen LogP contribution is -2.24. The molecule has 4 heteroatoms. The number of nitrogens with zero attached hydrogens (tertiary/aromatic N) is 2. The highest BCUT2D eigenvalue weighted by Crippen LogP contribution is 2.32. The van der Waals surface area contributed by atoms with Crippen LogP contribution >= 0.6 is 15.9 Å². The van der Waals surface area contributed by atoms with Crippen LogP contribution in [0.2, 0.25) is 0 Å². The Labute approximate surface area is 98.0 Å². The van der Waals surface area contributed by atoms with Gasteiger partial charge in [0.15, 0.2) is 5.78 Å². The van der Waals surface area contributed by atoms with E-state index in [-0.39, 0.29) is 11.8 Å². The zero-order chi connectivity index (χ0) is 11.0. The van der Waals surface area contributed by atoms with E-state index in [1.807, 2.05) is 0 Å². The molecular weight excluding hydrogens is 256 g/mol. The molecule has 0 aromatic carbocycles. The van der Waals surface area contributed by atoms with E-state index in [2.05, 4.69) is 32.4 Å². The molecular formula is C11H15BrN2O. The summed E-state index contributed by atoms with van der Waals surface area (Å²) in [6.07, 6.45) is 3.94. The molecule has 1 atom stereocenters. The summed E-state index contributed by atoms with van der Waals surface area (Å²) in [7, 11) is 0. The summed E-state index contributed by atoms with van der Waals surface area (Å²) in [6, 6.07) is 0.0162. The molecule has 1 aliphatic rings. The van der Waals surface area contributed by atoms with Crippen LogP contribution < -0.4 is 0 Å². The van der Waals surface area contributed by atoms with Crippen LogP contribution in [-0.2, 0) is 17.6 Å². The van der Waals surface area contributed by atoms with Gasteiger partial charge in [-0.1, -0.05) is 6.92 Å². The molecule has 82 valence electrons. The first-order valence-corrected chi connectivity index (χ1v) is 6.20. The van der Waals surface area contributed by atoms with E-state index in [1.165, 1.54) is 5.69 Å². The highest BCUT2D eigenvalue weighted by atomic mass is 79.9. The minimum Gasteiger partial charge on any atom is -0.320 e. The normalized spacial score (nSPS) is 20.1. The number of aryl methyl sites for hydroxylation is 1. The second-order valence-electron chi connectivity index (χ2n) is 4.01. The van der Waals surface area contributed by atoms with E-state index in [0.29, 0.717) is 0 Å². The van der Waals surface area contributed by atoms with Gasteiger partial charge in [-0.15, -0.1) is 0 Å². The summed E-state index contributed by atoms with van der Waals surface area (Å²) in [4.78, 5) is 16.0. The van der Waals surface area contributed by atoms with Crippen molar-refractivity contribution in [2.75, 3.05) is 0 Å². The molecule has 0 bridgehead atoms. The molecule has 1 aliphatic heterocycles. The van der Waals surface area contributed by atoms with Gasteiger partial charge in [0, 0.05) is 6.42 Å². The molecule has 0 aliphatic carbocycles. The van der Waals surface area contributed by atoms with Crippen molar-refractivity contribution < 1.29 is 4.79 Å². The Kier molecular flexibility index (Phi) is 2.96. The number of carbonyl (C=O) groups is 1. The zero-order valence-electron chi connectivity index (χ0n) is 9.09. The van der Waals surface area contributed by atoms with Crippen LogP contribution in [-0.4, -0.2) is 15.3 Å². The van der Waals surface area contributed by atoms with Gasteiger partial charge in [0.25, 0.3) is 0 Å². The summed E-state index contributed by atoms with van der Waals surface area (Å²) in [5.74, 6) is 1.27. The highest BCUT2D eigenvalue weighted by molar-refractivity contribution is 9.10. The van der Waals surface area contributed by atoms with E-state index in [0.717, 1.165) is 36.1 Å². The van der Waals surface area contributed by atoms with Crippen molar-refractivity contribution in [2.45, 2.75) is 45.6 Å². The SMILES string of the molecule is CCc1nc(Br)c2n1C(C(C)=O)CCC2. The second-order valence-corrected chi connectivity index (χ2v) is 4.76. The van der Waals surface area contributed by atoms with Crippen molar-refractivity contribution >= 4 is 21.7 Å². The number of fused-ring (bicyclic) bond motifs is 1. The largest absolute Gasteiger partial charge is 0.320 e. The van der Waals surface area contributed by atoms with Gasteiger partial charge >= 0.3 is 0 Å². The molecule has 0 N–H and O–H groups in total. The van der Waals surface area contributed by atoms with Crippen LogP contribution in [0.25, 0.3) is 0 Å². The minimum atomic E-state index is 0.0162. The first-order chi connectivity index (χ1) is 7.15. The number of carbonyl (C=O) groups excluding carboxylic acids is 1. The molecule has 1 unspecified atom stereocenters. The van der Waals surface area contributed by atoms with Crippen LogP contribution in [0, 0.1) is 0 Å². The van der Waals surface area contributed by atoms with Gasteiger partial charge in [0.2, 0.25) is 0 Å². The van der Waals surface area contributed by atoms with Gasteiger partial charge in [-0.3, -0.25) is 4.79 Å². The van der Waals surface area contributed by atoms with Crippen LogP contribution in [0.4, 0.5) is 0 Å². The molecule has 0 radical (unpaired) electrons. The summed E-state index contributed by atoms with van der Waals surface area (Å²) < 4.78 is 3.06. The fourth-order valence-corrected chi connectivity index (χ4v) is 2.90. The monoisotopic (exact) mass is 270 g/mol. The molecule has 1 aromatic rings. The maximum atomic E-state index is 11.6. The first-order valence-electron chi connectivity index (χ1n) is 5.41. The Morgan fingerprint density at radius 2 is 2.40 bits per heavy atom. The lowest BCUT2D eigenvalue weighted by Gasteiger charge is -2.25. The van der Waals surface area contributed by atoms with Crippen molar-refractivity contribution in [3.63, 3.8) is 0 Å². The molecule has 3 nitrogen and oxygen atoms in total. The predicted molar refractivity (Wildman–Crippen MR) is 62.0 cm³/mol. The van der Waals surface area contributed by atoms with Gasteiger partial charge in [-0.25, -0.2) is 4.98 Å². The number of hydrogen-bond acceptors (Lipinski definition) is 2. The van der Waals surface area contributed by atoms with E-state index in [4.69, 9.17) is 0 Å². The van der Waals surface area contributed by atoms with Crippen LogP contribution in [0.15, 0.2) is 4.60 Å². The predicted octanol–water partition coefficient (Wildman–Crippen LogP) is 2.67. The topological polar surface area (TPSA) is 34.9 Å². The molecule has 0 saturated heterocycles. The van der Waals surface area contributed by atoms with Crippen molar-refractivity contribution in [1.29, 1.82) is 0 Å². The Balaban J connectivity index is 2.53. The molecule has 0 amide bonds. The van der Waals surface area contributed by atoms with Gasteiger partial charge in [-0.05, 0) is 42.1 Å². The summed E-state index contributed by atoms with van der Waals surface area (Å²) in [5.41, 5.74) is 1.19. The van der Waals surface area contributed by atoms with Crippen molar-refractivity contribution in [3.8, 4) is 0 Å². The number of ketones is 1. The Hall–Kier alpha value is -0.640. The van der Waals surface area contributed by atoms with Gasteiger partial charge in [0.1, 0.15) is 10.4 Å². The highest BCUT2D eigenvalue weighted by Gasteiger charge is 2.27. The molecule has 0 fully saturated rings. The van der Waals surface area contributed by atoms with Crippen molar-refractivity contribution in [2.24, 2.45) is 0 Å². The Morgan fingerprint density at radius 3 is 3.00 bits per heavy atom. The second kappa shape index (κ2) is 4.08. The van der Waals surface area contributed by atoms with E-state index in [9.17, 15) is 4.79 Å². The lowest BCUT2D eigenvalue weighted by atomic mass is 10.00. The molecule has 1 aromatic heterocycles. The van der Waals surface area contributed by atoms with Crippen LogP contribution in [0.5, 0.6) is 0 Å². The van der Waals surface area contributed by atoms with E-state index >= 15 is 0 Å². The standard InChI is InChI=1S/C11H15BrN2O/c1-3-10-13-11(12)9-6-4-5-8(7(2)15)14(9)10/h8H,3-6H2,1-2H3. The van der Waals surface area contributed by atoms with Crippen molar-refractivity contribution in [3.05, 3.63) is 16.1 Å².